The number of benzene rings is 3. The number of halogens is 1. The van der Waals surface area contributed by atoms with Gasteiger partial charge in [0, 0.05) is 16.1 Å². The van der Waals surface area contributed by atoms with Crippen molar-refractivity contribution in [3.63, 3.8) is 0 Å². The van der Waals surface area contributed by atoms with Gasteiger partial charge in [0.25, 0.3) is 11.5 Å². The van der Waals surface area contributed by atoms with Crippen molar-refractivity contribution in [3.05, 3.63) is 104 Å². The molecule has 37 heavy (non-hydrogen) atoms. The maximum absolute atomic E-state index is 13.7. The van der Waals surface area contributed by atoms with Crippen molar-refractivity contribution in [3.8, 4) is 17.1 Å². The fourth-order valence-corrected chi connectivity index (χ4v) is 5.57. The van der Waals surface area contributed by atoms with Crippen molar-refractivity contribution in [2.24, 2.45) is 0 Å². The number of aromatic nitrogens is 3. The average molecular weight is 529 g/mol. The molecule has 0 bridgehead atoms. The van der Waals surface area contributed by atoms with E-state index >= 15 is 0 Å². The van der Waals surface area contributed by atoms with E-state index in [0.29, 0.717) is 44.6 Å². The molecular weight excluding hydrogens is 508 g/mol. The molecule has 3 heterocycles. The standard InChI is InChI=1S/C28H21ClN4O3S/c1-2-15-36-19-13-11-17(12-14-19)25-30-28-33(31-25)27(35)24(37-28)23-20-8-4-6-10-22(20)32(26(23)34)16-18-7-3-5-9-21(18)29/h3-14H,2,15-16H2,1H3/b24-23-. The molecule has 3 aromatic carbocycles. The minimum Gasteiger partial charge on any atom is -0.494 e. The van der Waals surface area contributed by atoms with Crippen molar-refractivity contribution < 1.29 is 9.53 Å². The Bertz CT molecular complexity index is 1760. The maximum atomic E-state index is 13.7. The highest BCUT2D eigenvalue weighted by Gasteiger charge is 2.34. The zero-order valence-corrected chi connectivity index (χ0v) is 21.4. The first kappa shape index (κ1) is 23.4. The highest BCUT2D eigenvalue weighted by molar-refractivity contribution is 7.15. The number of carbonyl (C=O) groups is 1. The van der Waals surface area contributed by atoms with Crippen LogP contribution in [0.2, 0.25) is 5.02 Å². The number of rotatable bonds is 6. The van der Waals surface area contributed by atoms with Gasteiger partial charge in [0.05, 0.1) is 24.4 Å². The van der Waals surface area contributed by atoms with Gasteiger partial charge in [0.2, 0.25) is 4.96 Å². The van der Waals surface area contributed by atoms with Crippen molar-refractivity contribution in [1.29, 1.82) is 0 Å². The Morgan fingerprint density at radius 1 is 0.973 bits per heavy atom. The van der Waals surface area contributed by atoms with Crippen LogP contribution in [0.15, 0.2) is 77.6 Å². The molecule has 7 nitrogen and oxygen atoms in total. The molecule has 1 amide bonds. The molecule has 9 heteroatoms. The van der Waals surface area contributed by atoms with Crippen LogP contribution in [0.4, 0.5) is 5.69 Å². The molecule has 184 valence electrons. The van der Waals surface area contributed by atoms with E-state index in [4.69, 9.17) is 16.3 Å². The van der Waals surface area contributed by atoms with Gasteiger partial charge >= 0.3 is 0 Å². The van der Waals surface area contributed by atoms with Crippen LogP contribution in [0.3, 0.4) is 0 Å². The van der Waals surface area contributed by atoms with Gasteiger partial charge in [-0.15, -0.1) is 5.10 Å². The highest BCUT2D eigenvalue weighted by Crippen LogP contribution is 2.37. The van der Waals surface area contributed by atoms with E-state index in [1.165, 1.54) is 15.9 Å². The third kappa shape index (κ3) is 4.08. The van der Waals surface area contributed by atoms with Crippen molar-refractivity contribution in [1.82, 2.24) is 14.6 Å². The third-order valence-corrected chi connectivity index (χ3v) is 7.58. The molecular formula is C28H21ClN4O3S. The van der Waals surface area contributed by atoms with E-state index in [2.05, 4.69) is 17.0 Å². The minimum absolute atomic E-state index is 0.245. The van der Waals surface area contributed by atoms with Gasteiger partial charge in [-0.3, -0.25) is 9.59 Å². The van der Waals surface area contributed by atoms with Crippen LogP contribution in [0.25, 0.3) is 21.9 Å². The molecule has 1 aliphatic heterocycles. The molecule has 0 fully saturated rings. The first-order valence-electron chi connectivity index (χ1n) is 11.9. The Kier molecular flexibility index (Phi) is 5.98. The average Bonchev–Trinajstić information content (AvgIpc) is 3.55. The number of para-hydroxylation sites is 1. The Morgan fingerprint density at radius 2 is 1.73 bits per heavy atom. The Balaban J connectivity index is 1.41. The Morgan fingerprint density at radius 3 is 2.49 bits per heavy atom. The maximum Gasteiger partial charge on any atom is 0.291 e. The molecule has 0 N–H and O–H groups in total. The lowest BCUT2D eigenvalue weighted by Gasteiger charge is -2.17. The summed E-state index contributed by atoms with van der Waals surface area (Å²) in [6.07, 6.45) is 0.930. The highest BCUT2D eigenvalue weighted by atomic mass is 35.5. The summed E-state index contributed by atoms with van der Waals surface area (Å²) >= 11 is 7.54. The number of nitrogens with zero attached hydrogens (tertiary/aromatic N) is 4. The van der Waals surface area contributed by atoms with Crippen LogP contribution in [-0.4, -0.2) is 27.1 Å². The number of amides is 1. The van der Waals surface area contributed by atoms with Crippen LogP contribution in [-0.2, 0) is 11.3 Å². The molecule has 6 rings (SSSR count). The molecule has 0 saturated heterocycles. The molecule has 0 saturated carbocycles. The summed E-state index contributed by atoms with van der Waals surface area (Å²) in [5, 5.41) is 5.04. The van der Waals surface area contributed by atoms with Crippen LogP contribution in [0.5, 0.6) is 5.75 Å². The number of fused-ring (bicyclic) bond motifs is 2. The fourth-order valence-electron chi connectivity index (χ4n) is 4.38. The van der Waals surface area contributed by atoms with Crippen molar-refractivity contribution in [2.45, 2.75) is 19.9 Å². The number of hydrogen-bond acceptors (Lipinski definition) is 6. The molecule has 0 radical (unpaired) electrons. The normalized spacial score (nSPS) is 14.4. The van der Waals surface area contributed by atoms with Gasteiger partial charge in [-0.05, 0) is 48.4 Å². The van der Waals surface area contributed by atoms with E-state index in [9.17, 15) is 9.59 Å². The minimum atomic E-state index is -0.362. The smallest absolute Gasteiger partial charge is 0.291 e. The molecule has 1 aliphatic rings. The van der Waals surface area contributed by atoms with Gasteiger partial charge in [-0.1, -0.05) is 66.3 Å². The summed E-state index contributed by atoms with van der Waals surface area (Å²) in [5.74, 6) is 0.973. The largest absolute Gasteiger partial charge is 0.494 e. The predicted octanol–water partition coefficient (Wildman–Crippen LogP) is 4.72. The first-order chi connectivity index (χ1) is 18.0. The van der Waals surface area contributed by atoms with E-state index in [1.54, 1.807) is 11.0 Å². The number of hydrogen-bond donors (Lipinski definition) is 0. The second kappa shape index (κ2) is 9.46. The number of anilines is 1. The summed E-state index contributed by atoms with van der Waals surface area (Å²) in [5.41, 5.74) is 3.06. The molecule has 0 atom stereocenters. The van der Waals surface area contributed by atoms with Crippen LogP contribution >= 0.6 is 22.9 Å². The van der Waals surface area contributed by atoms with Crippen molar-refractivity contribution in [2.75, 3.05) is 11.5 Å². The molecule has 0 aliphatic carbocycles. The van der Waals surface area contributed by atoms with E-state index in [0.717, 1.165) is 29.0 Å². The second-order valence-corrected chi connectivity index (χ2v) is 10.00. The molecule has 0 unspecified atom stereocenters. The third-order valence-electron chi connectivity index (χ3n) is 6.18. The monoisotopic (exact) mass is 528 g/mol. The molecule has 5 aromatic rings. The summed E-state index contributed by atoms with van der Waals surface area (Å²) in [6.45, 7) is 3.00. The fraction of sp³-hybridized carbons (Fsp3) is 0.143. The lowest BCUT2D eigenvalue weighted by atomic mass is 10.1. The molecule has 0 spiro atoms. The summed E-state index contributed by atoms with van der Waals surface area (Å²) in [4.78, 5) is 33.8. The Hall–Kier alpha value is -4.01. The van der Waals surface area contributed by atoms with Gasteiger partial charge in [-0.2, -0.15) is 9.50 Å². The van der Waals surface area contributed by atoms with Crippen molar-refractivity contribution >= 4 is 45.1 Å². The molecule has 2 aromatic heterocycles. The zero-order valence-electron chi connectivity index (χ0n) is 19.8. The summed E-state index contributed by atoms with van der Waals surface area (Å²) in [6, 6.07) is 22.4. The zero-order chi connectivity index (χ0) is 25.5. The van der Waals surface area contributed by atoms with E-state index in [1.807, 2.05) is 66.7 Å². The van der Waals surface area contributed by atoms with Gasteiger partial charge in [0.15, 0.2) is 5.82 Å². The lowest BCUT2D eigenvalue weighted by Crippen LogP contribution is -2.32. The number of carbonyl (C=O) groups excluding carboxylic acids is 1. The van der Waals surface area contributed by atoms with Gasteiger partial charge < -0.3 is 9.64 Å². The summed E-state index contributed by atoms with van der Waals surface area (Å²) < 4.78 is 7.23. The second-order valence-electron chi connectivity index (χ2n) is 8.61. The Labute approximate surface area is 221 Å². The van der Waals surface area contributed by atoms with E-state index in [-0.39, 0.29) is 11.5 Å². The predicted molar refractivity (Wildman–Crippen MR) is 145 cm³/mol. The van der Waals surface area contributed by atoms with E-state index < -0.39 is 0 Å². The number of ether oxygens (including phenoxy) is 1. The topological polar surface area (TPSA) is 76.8 Å². The van der Waals surface area contributed by atoms with Crippen LogP contribution in [0, 0.1) is 0 Å². The SMILES string of the molecule is CCCOc1ccc(-c2nc3s/c(=C4\C(=O)N(Cc5ccccc5Cl)c5ccccc54)c(=O)n3n2)cc1. The van der Waals surface area contributed by atoms with Gasteiger partial charge in [-0.25, -0.2) is 0 Å². The quantitative estimate of drug-likeness (QED) is 0.318. The first-order valence-corrected chi connectivity index (χ1v) is 13.1. The lowest BCUT2D eigenvalue weighted by molar-refractivity contribution is -0.113. The number of thiazole rings is 1. The van der Waals surface area contributed by atoms with Crippen LogP contribution < -0.4 is 19.7 Å². The summed E-state index contributed by atoms with van der Waals surface area (Å²) in [7, 11) is 0. The van der Waals surface area contributed by atoms with Gasteiger partial charge in [0.1, 0.15) is 10.3 Å². The van der Waals surface area contributed by atoms with Crippen LogP contribution in [0.1, 0.15) is 24.5 Å².